The van der Waals surface area contributed by atoms with Crippen molar-refractivity contribution in [3.8, 4) is 22.8 Å². The molecule has 7 nitrogen and oxygen atoms in total. The summed E-state index contributed by atoms with van der Waals surface area (Å²) in [5.41, 5.74) is 2.27. The van der Waals surface area contributed by atoms with Gasteiger partial charge in [0.1, 0.15) is 23.7 Å². The van der Waals surface area contributed by atoms with Gasteiger partial charge in [-0.05, 0) is 44.5 Å². The molecule has 0 unspecified atom stereocenters. The van der Waals surface area contributed by atoms with Gasteiger partial charge in [0.25, 0.3) is 11.4 Å². The molecule has 4 rings (SSSR count). The summed E-state index contributed by atoms with van der Waals surface area (Å²) >= 11 is 0. The normalized spacial score (nSPS) is 10.9. The van der Waals surface area contributed by atoms with Crippen LogP contribution in [0.5, 0.6) is 0 Å². The Morgan fingerprint density at radius 2 is 1.79 bits per heavy atom. The Kier molecular flexibility index (Phi) is 5.87. The summed E-state index contributed by atoms with van der Waals surface area (Å²) in [7, 11) is 0. The van der Waals surface area contributed by atoms with Gasteiger partial charge in [-0.3, -0.25) is 9.59 Å². The van der Waals surface area contributed by atoms with Gasteiger partial charge in [-0.15, -0.1) is 0 Å². The standard InChI is InChI=1S/C24H20F2N4O3/c1-13-4-6-16(7-5-13)22-28-23(33-29-22)21-14(2)10-15(3)30(24(21)32)12-20(31)27-19-11-17(25)8-9-18(19)26/h4-11H,12H2,1-3H3,(H,27,31). The highest BCUT2D eigenvalue weighted by Gasteiger charge is 2.20. The van der Waals surface area contributed by atoms with Crippen LogP contribution in [0.2, 0.25) is 0 Å². The van der Waals surface area contributed by atoms with Gasteiger partial charge in [0.15, 0.2) is 0 Å². The quantitative estimate of drug-likeness (QED) is 0.487. The van der Waals surface area contributed by atoms with E-state index in [0.29, 0.717) is 17.1 Å². The molecule has 0 atom stereocenters. The lowest BCUT2D eigenvalue weighted by Crippen LogP contribution is -2.31. The number of aryl methyl sites for hydroxylation is 3. The van der Waals surface area contributed by atoms with E-state index in [1.807, 2.05) is 31.2 Å². The van der Waals surface area contributed by atoms with Crippen molar-refractivity contribution in [1.29, 1.82) is 0 Å². The highest BCUT2D eigenvalue weighted by atomic mass is 19.1. The van der Waals surface area contributed by atoms with Gasteiger partial charge < -0.3 is 14.4 Å². The van der Waals surface area contributed by atoms with E-state index in [9.17, 15) is 18.4 Å². The number of hydrogen-bond donors (Lipinski definition) is 1. The van der Waals surface area contributed by atoms with E-state index in [-0.39, 0.29) is 17.1 Å². The van der Waals surface area contributed by atoms with Crippen LogP contribution in [0, 0.1) is 32.4 Å². The summed E-state index contributed by atoms with van der Waals surface area (Å²) < 4.78 is 33.8. The van der Waals surface area contributed by atoms with Gasteiger partial charge in [-0.2, -0.15) is 4.98 Å². The average Bonchev–Trinajstić information content (AvgIpc) is 3.24. The van der Waals surface area contributed by atoms with Gasteiger partial charge in [0.2, 0.25) is 11.7 Å². The third kappa shape index (κ3) is 4.57. The summed E-state index contributed by atoms with van der Waals surface area (Å²) in [5, 5.41) is 6.26. The molecule has 2 aromatic carbocycles. The first-order valence-corrected chi connectivity index (χ1v) is 10.1. The molecule has 2 heterocycles. The molecule has 33 heavy (non-hydrogen) atoms. The maximum Gasteiger partial charge on any atom is 0.264 e. The second-order valence-corrected chi connectivity index (χ2v) is 7.70. The lowest BCUT2D eigenvalue weighted by Gasteiger charge is -2.13. The number of aromatic nitrogens is 3. The lowest BCUT2D eigenvalue weighted by molar-refractivity contribution is -0.116. The zero-order chi connectivity index (χ0) is 23.7. The van der Waals surface area contributed by atoms with Gasteiger partial charge >= 0.3 is 0 Å². The number of benzene rings is 2. The molecular formula is C24H20F2N4O3. The highest BCUT2D eigenvalue weighted by Crippen LogP contribution is 2.23. The van der Waals surface area contributed by atoms with Crippen molar-refractivity contribution < 1.29 is 18.1 Å². The molecule has 168 valence electrons. The van der Waals surface area contributed by atoms with E-state index in [1.165, 1.54) is 4.57 Å². The van der Waals surface area contributed by atoms with Crippen LogP contribution in [0.3, 0.4) is 0 Å². The summed E-state index contributed by atoms with van der Waals surface area (Å²) in [6, 6.07) is 12.0. The number of carbonyl (C=O) groups is 1. The average molecular weight is 450 g/mol. The number of anilines is 1. The molecule has 4 aromatic rings. The molecule has 0 saturated heterocycles. The number of hydrogen-bond acceptors (Lipinski definition) is 5. The van der Waals surface area contributed by atoms with E-state index in [1.54, 1.807) is 19.9 Å². The van der Waals surface area contributed by atoms with Crippen molar-refractivity contribution >= 4 is 11.6 Å². The van der Waals surface area contributed by atoms with E-state index in [2.05, 4.69) is 15.5 Å². The molecule has 0 fully saturated rings. The molecule has 2 aromatic heterocycles. The molecule has 9 heteroatoms. The lowest BCUT2D eigenvalue weighted by atomic mass is 10.1. The number of amides is 1. The Labute approximate surface area is 187 Å². The number of halogens is 2. The SMILES string of the molecule is Cc1ccc(-c2noc(-c3c(C)cc(C)n(CC(=O)Nc4cc(F)ccc4F)c3=O)n2)cc1. The predicted molar refractivity (Wildman–Crippen MR) is 119 cm³/mol. The molecule has 0 bridgehead atoms. The van der Waals surface area contributed by atoms with Crippen LogP contribution >= 0.6 is 0 Å². The van der Waals surface area contributed by atoms with Crippen LogP contribution in [0.1, 0.15) is 16.8 Å². The first-order chi connectivity index (χ1) is 15.7. The van der Waals surface area contributed by atoms with E-state index in [4.69, 9.17) is 4.52 Å². The number of carbonyl (C=O) groups excluding carboxylic acids is 1. The second kappa shape index (κ2) is 8.78. The first kappa shape index (κ1) is 22.1. The highest BCUT2D eigenvalue weighted by molar-refractivity contribution is 5.90. The number of nitrogens with zero attached hydrogens (tertiary/aromatic N) is 3. The number of nitrogens with one attached hydrogen (secondary N) is 1. The van der Waals surface area contributed by atoms with Crippen LogP contribution in [0.4, 0.5) is 14.5 Å². The maximum absolute atomic E-state index is 13.9. The third-order valence-electron chi connectivity index (χ3n) is 5.16. The minimum absolute atomic E-state index is 0.0263. The Morgan fingerprint density at radius 1 is 1.06 bits per heavy atom. The molecule has 0 saturated carbocycles. The van der Waals surface area contributed by atoms with Gasteiger partial charge in [0.05, 0.1) is 5.69 Å². The minimum atomic E-state index is -0.784. The largest absolute Gasteiger partial charge is 0.333 e. The number of pyridine rings is 1. The zero-order valence-corrected chi connectivity index (χ0v) is 18.1. The molecule has 1 amide bonds. The Hall–Kier alpha value is -4.14. The van der Waals surface area contributed by atoms with E-state index >= 15 is 0 Å². The fourth-order valence-corrected chi connectivity index (χ4v) is 3.46. The molecule has 0 radical (unpaired) electrons. The molecule has 0 aliphatic rings. The first-order valence-electron chi connectivity index (χ1n) is 10.1. The van der Waals surface area contributed by atoms with E-state index in [0.717, 1.165) is 29.3 Å². The monoisotopic (exact) mass is 450 g/mol. The van der Waals surface area contributed by atoms with Crippen molar-refractivity contribution in [3.63, 3.8) is 0 Å². The molecule has 0 aliphatic heterocycles. The summed E-state index contributed by atoms with van der Waals surface area (Å²) in [4.78, 5) is 30.1. The summed E-state index contributed by atoms with van der Waals surface area (Å²) in [6.45, 7) is 4.95. The molecule has 0 spiro atoms. The molecular weight excluding hydrogens is 430 g/mol. The number of rotatable bonds is 5. The van der Waals surface area contributed by atoms with E-state index < -0.39 is 29.6 Å². The second-order valence-electron chi connectivity index (χ2n) is 7.70. The zero-order valence-electron chi connectivity index (χ0n) is 18.1. The van der Waals surface area contributed by atoms with Crippen molar-refractivity contribution in [2.24, 2.45) is 0 Å². The van der Waals surface area contributed by atoms with Crippen molar-refractivity contribution in [2.45, 2.75) is 27.3 Å². The summed E-state index contributed by atoms with van der Waals surface area (Å²) in [6.07, 6.45) is 0. The van der Waals surface area contributed by atoms with Crippen molar-refractivity contribution in [2.75, 3.05) is 5.32 Å². The van der Waals surface area contributed by atoms with Crippen LogP contribution in [-0.4, -0.2) is 20.6 Å². The van der Waals surface area contributed by atoms with Crippen molar-refractivity contribution in [1.82, 2.24) is 14.7 Å². The Balaban J connectivity index is 1.65. The minimum Gasteiger partial charge on any atom is -0.333 e. The molecule has 0 aliphatic carbocycles. The van der Waals surface area contributed by atoms with Gasteiger partial charge in [-0.25, -0.2) is 8.78 Å². The molecule has 1 N–H and O–H groups in total. The van der Waals surface area contributed by atoms with Crippen molar-refractivity contribution in [3.05, 3.63) is 87.3 Å². The van der Waals surface area contributed by atoms with Crippen LogP contribution < -0.4 is 10.9 Å². The Morgan fingerprint density at radius 3 is 2.52 bits per heavy atom. The van der Waals surface area contributed by atoms with Crippen LogP contribution in [-0.2, 0) is 11.3 Å². The van der Waals surface area contributed by atoms with Gasteiger partial charge in [0, 0.05) is 17.3 Å². The Bertz CT molecular complexity index is 1410. The summed E-state index contributed by atoms with van der Waals surface area (Å²) in [5.74, 6) is -1.81. The maximum atomic E-state index is 13.9. The fraction of sp³-hybridized carbons (Fsp3) is 0.167. The topological polar surface area (TPSA) is 90.0 Å². The third-order valence-corrected chi connectivity index (χ3v) is 5.16. The van der Waals surface area contributed by atoms with Gasteiger partial charge in [-0.1, -0.05) is 35.0 Å². The smallest absolute Gasteiger partial charge is 0.264 e. The van der Waals surface area contributed by atoms with Crippen LogP contribution in [0.25, 0.3) is 22.8 Å². The van der Waals surface area contributed by atoms with Crippen LogP contribution in [0.15, 0.2) is 57.8 Å². The fourth-order valence-electron chi connectivity index (χ4n) is 3.46. The predicted octanol–water partition coefficient (Wildman–Crippen LogP) is 4.41.